The molecule has 1 heterocycles. The standard InChI is InChI=1S/C15H20Cl2N2O2/c1-9-7-19(8-10(2)21-9)11(3)15(20)18-14-5-4-12(16)6-13(14)17/h4-6,9-11H,7-8H2,1-3H3,(H,18,20)/p+1/t9-,10-,11-/m0/s1. The molecule has 0 aromatic heterocycles. The van der Waals surface area contributed by atoms with Crippen LogP contribution in [-0.4, -0.2) is 37.2 Å². The summed E-state index contributed by atoms with van der Waals surface area (Å²) < 4.78 is 5.71. The zero-order chi connectivity index (χ0) is 15.6. The van der Waals surface area contributed by atoms with Crippen molar-refractivity contribution in [3.63, 3.8) is 0 Å². The molecule has 1 aliphatic rings. The molecule has 1 aromatic carbocycles. The summed E-state index contributed by atoms with van der Waals surface area (Å²) in [4.78, 5) is 13.6. The second-order valence-electron chi connectivity index (χ2n) is 5.66. The third kappa shape index (κ3) is 4.33. The summed E-state index contributed by atoms with van der Waals surface area (Å²) in [5, 5.41) is 3.87. The second-order valence-corrected chi connectivity index (χ2v) is 6.50. The summed E-state index contributed by atoms with van der Waals surface area (Å²) in [6, 6.07) is 4.88. The fraction of sp³-hybridized carbons (Fsp3) is 0.533. The van der Waals surface area contributed by atoms with E-state index in [2.05, 4.69) is 5.32 Å². The number of hydrogen-bond donors (Lipinski definition) is 2. The molecular weight excluding hydrogens is 311 g/mol. The molecule has 0 spiro atoms. The molecule has 3 atom stereocenters. The molecular formula is C15H21Cl2N2O2+. The zero-order valence-corrected chi connectivity index (χ0v) is 14.0. The van der Waals surface area contributed by atoms with Crippen LogP contribution < -0.4 is 10.2 Å². The molecule has 4 nitrogen and oxygen atoms in total. The number of rotatable bonds is 3. The highest BCUT2D eigenvalue weighted by Crippen LogP contribution is 2.25. The van der Waals surface area contributed by atoms with E-state index in [1.54, 1.807) is 18.2 Å². The van der Waals surface area contributed by atoms with Crippen LogP contribution in [-0.2, 0) is 9.53 Å². The summed E-state index contributed by atoms with van der Waals surface area (Å²) in [5.74, 6) is -0.0458. The minimum Gasteiger partial charge on any atom is -0.364 e. The fourth-order valence-corrected chi connectivity index (χ4v) is 3.14. The molecule has 1 saturated heterocycles. The van der Waals surface area contributed by atoms with Crippen molar-refractivity contribution in [1.29, 1.82) is 0 Å². The highest BCUT2D eigenvalue weighted by molar-refractivity contribution is 6.36. The van der Waals surface area contributed by atoms with Crippen LogP contribution >= 0.6 is 23.2 Å². The monoisotopic (exact) mass is 331 g/mol. The van der Waals surface area contributed by atoms with Crippen LogP contribution in [0.1, 0.15) is 20.8 Å². The number of quaternary nitrogens is 1. The van der Waals surface area contributed by atoms with Crippen LogP contribution in [0.2, 0.25) is 10.0 Å². The van der Waals surface area contributed by atoms with Gasteiger partial charge in [-0.25, -0.2) is 0 Å². The molecule has 6 heteroatoms. The first-order valence-corrected chi connectivity index (χ1v) is 7.88. The number of amides is 1. The van der Waals surface area contributed by atoms with Crippen molar-refractivity contribution in [3.8, 4) is 0 Å². The number of hydrogen-bond acceptors (Lipinski definition) is 2. The van der Waals surface area contributed by atoms with Gasteiger partial charge in [0.05, 0.1) is 10.7 Å². The van der Waals surface area contributed by atoms with E-state index in [0.29, 0.717) is 15.7 Å². The molecule has 0 aliphatic carbocycles. The molecule has 2 N–H and O–H groups in total. The minimum atomic E-state index is -0.162. The van der Waals surface area contributed by atoms with Gasteiger partial charge in [0.15, 0.2) is 6.04 Å². The Balaban J connectivity index is 2.02. The summed E-state index contributed by atoms with van der Waals surface area (Å²) in [5.41, 5.74) is 0.590. The number of morpholine rings is 1. The van der Waals surface area contributed by atoms with Crippen LogP contribution in [0.5, 0.6) is 0 Å². The Morgan fingerprint density at radius 2 is 1.95 bits per heavy atom. The molecule has 0 unspecified atom stereocenters. The molecule has 2 rings (SSSR count). The maximum Gasteiger partial charge on any atom is 0.282 e. The van der Waals surface area contributed by atoms with Gasteiger partial charge in [-0.1, -0.05) is 23.2 Å². The Morgan fingerprint density at radius 1 is 1.33 bits per heavy atom. The molecule has 116 valence electrons. The van der Waals surface area contributed by atoms with Gasteiger partial charge in [0.2, 0.25) is 0 Å². The molecule has 0 radical (unpaired) electrons. The zero-order valence-electron chi connectivity index (χ0n) is 12.5. The van der Waals surface area contributed by atoms with E-state index in [1.807, 2.05) is 20.8 Å². The highest BCUT2D eigenvalue weighted by Gasteiger charge is 2.33. The lowest BCUT2D eigenvalue weighted by Gasteiger charge is -2.35. The van der Waals surface area contributed by atoms with E-state index < -0.39 is 0 Å². The Kier molecular flexibility index (Phi) is 5.49. The van der Waals surface area contributed by atoms with Crippen LogP contribution in [0.25, 0.3) is 0 Å². The lowest BCUT2D eigenvalue weighted by Crippen LogP contribution is -3.19. The SMILES string of the molecule is C[C@H]1C[NH+]([C@@H](C)C(=O)Nc2ccc(Cl)cc2Cl)C[C@H](C)O1. The van der Waals surface area contributed by atoms with Gasteiger partial charge in [-0.2, -0.15) is 0 Å². The van der Waals surface area contributed by atoms with Gasteiger partial charge in [0.25, 0.3) is 5.91 Å². The van der Waals surface area contributed by atoms with Gasteiger partial charge in [-0.15, -0.1) is 0 Å². The molecule has 0 bridgehead atoms. The van der Waals surface area contributed by atoms with Crippen molar-refractivity contribution < 1.29 is 14.4 Å². The first kappa shape index (κ1) is 16.6. The number of ether oxygens (including phenoxy) is 1. The van der Waals surface area contributed by atoms with Gasteiger partial charge >= 0.3 is 0 Å². The lowest BCUT2D eigenvalue weighted by molar-refractivity contribution is -0.928. The fourth-order valence-electron chi connectivity index (χ4n) is 2.69. The van der Waals surface area contributed by atoms with Crippen LogP contribution in [0.15, 0.2) is 18.2 Å². The van der Waals surface area contributed by atoms with E-state index in [4.69, 9.17) is 27.9 Å². The second kappa shape index (κ2) is 6.97. The molecule has 0 saturated carbocycles. The van der Waals surface area contributed by atoms with E-state index in [0.717, 1.165) is 13.1 Å². The maximum absolute atomic E-state index is 12.4. The predicted octanol–water partition coefficient (Wildman–Crippen LogP) is 2.01. The number of anilines is 1. The number of benzene rings is 1. The maximum atomic E-state index is 12.4. The van der Waals surface area contributed by atoms with Crippen LogP contribution in [0.3, 0.4) is 0 Å². The number of carbonyl (C=O) groups is 1. The van der Waals surface area contributed by atoms with Crippen molar-refractivity contribution in [2.24, 2.45) is 0 Å². The molecule has 1 aliphatic heterocycles. The summed E-state index contributed by atoms with van der Waals surface area (Å²) >= 11 is 11.9. The topological polar surface area (TPSA) is 42.8 Å². The van der Waals surface area contributed by atoms with Crippen LogP contribution in [0, 0.1) is 0 Å². The summed E-state index contributed by atoms with van der Waals surface area (Å²) in [7, 11) is 0. The average molecular weight is 332 g/mol. The van der Waals surface area contributed by atoms with E-state index in [1.165, 1.54) is 4.90 Å². The highest BCUT2D eigenvalue weighted by atomic mass is 35.5. The molecule has 1 amide bonds. The van der Waals surface area contributed by atoms with Crippen molar-refractivity contribution in [3.05, 3.63) is 28.2 Å². The Bertz CT molecular complexity index is 514. The van der Waals surface area contributed by atoms with Crippen molar-refractivity contribution in [2.75, 3.05) is 18.4 Å². The molecule has 21 heavy (non-hydrogen) atoms. The molecule has 1 fully saturated rings. The first-order chi connectivity index (χ1) is 9.86. The summed E-state index contributed by atoms with van der Waals surface area (Å²) in [6.45, 7) is 7.66. The number of nitrogens with one attached hydrogen (secondary N) is 2. The predicted molar refractivity (Wildman–Crippen MR) is 85.3 cm³/mol. The average Bonchev–Trinajstić information content (AvgIpc) is 2.40. The Morgan fingerprint density at radius 3 is 2.52 bits per heavy atom. The van der Waals surface area contributed by atoms with Crippen molar-refractivity contribution in [1.82, 2.24) is 0 Å². The third-order valence-electron chi connectivity index (χ3n) is 3.76. The quantitative estimate of drug-likeness (QED) is 0.889. The van der Waals surface area contributed by atoms with Crippen LogP contribution in [0.4, 0.5) is 5.69 Å². The Hall–Kier alpha value is -0.810. The third-order valence-corrected chi connectivity index (χ3v) is 4.31. The smallest absolute Gasteiger partial charge is 0.282 e. The van der Waals surface area contributed by atoms with Gasteiger partial charge in [-0.05, 0) is 39.0 Å². The van der Waals surface area contributed by atoms with Gasteiger partial charge in [-0.3, -0.25) is 4.79 Å². The number of halogens is 2. The minimum absolute atomic E-state index is 0.0458. The first-order valence-electron chi connectivity index (χ1n) is 7.12. The largest absolute Gasteiger partial charge is 0.364 e. The van der Waals surface area contributed by atoms with Gasteiger partial charge in [0.1, 0.15) is 25.3 Å². The summed E-state index contributed by atoms with van der Waals surface area (Å²) in [6.07, 6.45) is 0.330. The van der Waals surface area contributed by atoms with E-state index >= 15 is 0 Å². The van der Waals surface area contributed by atoms with Gasteiger partial charge < -0.3 is 15.0 Å². The van der Waals surface area contributed by atoms with E-state index in [-0.39, 0.29) is 24.2 Å². The van der Waals surface area contributed by atoms with Gasteiger partial charge in [0, 0.05) is 5.02 Å². The van der Waals surface area contributed by atoms with Crippen molar-refractivity contribution in [2.45, 2.75) is 39.0 Å². The number of carbonyl (C=O) groups excluding carboxylic acids is 1. The normalized spacial score (nSPS) is 27.2. The molecule has 1 aromatic rings. The Labute approximate surface area is 135 Å². The van der Waals surface area contributed by atoms with E-state index in [9.17, 15) is 4.79 Å². The lowest BCUT2D eigenvalue weighted by atomic mass is 10.1. The van der Waals surface area contributed by atoms with Crippen molar-refractivity contribution >= 4 is 34.8 Å².